The van der Waals surface area contributed by atoms with Crippen molar-refractivity contribution in [2.75, 3.05) is 5.75 Å². The molecule has 3 aromatic rings. The molecule has 1 aromatic heterocycles. The molecule has 5 nitrogen and oxygen atoms in total. The summed E-state index contributed by atoms with van der Waals surface area (Å²) in [5.41, 5.74) is 4.35. The highest BCUT2D eigenvalue weighted by molar-refractivity contribution is 7.92. The highest BCUT2D eigenvalue weighted by Gasteiger charge is 2.19. The molecule has 0 saturated carbocycles. The number of carbonyl (C=O) groups is 1. The Morgan fingerprint density at radius 3 is 2.36 bits per heavy atom. The molecule has 0 bridgehead atoms. The summed E-state index contributed by atoms with van der Waals surface area (Å²) in [4.78, 5) is 17.3. The number of hydrogen-bond donors (Lipinski definition) is 0. The van der Waals surface area contributed by atoms with Gasteiger partial charge in [0.25, 0.3) is 5.91 Å². The SMILES string of the molecule is CCCn1c(=NC(=O)CS(=O)(=O)c2ccc(C)cc2)sc2cc(C)c(C)cc21. The third kappa shape index (κ3) is 4.25. The molecule has 28 heavy (non-hydrogen) atoms. The van der Waals surface area contributed by atoms with Crippen LogP contribution in [0, 0.1) is 20.8 Å². The second kappa shape index (κ2) is 8.01. The van der Waals surface area contributed by atoms with Crippen LogP contribution in [0.2, 0.25) is 0 Å². The fourth-order valence-electron chi connectivity index (χ4n) is 2.98. The van der Waals surface area contributed by atoms with Crippen molar-refractivity contribution < 1.29 is 13.2 Å². The van der Waals surface area contributed by atoms with Gasteiger partial charge in [0.15, 0.2) is 14.6 Å². The van der Waals surface area contributed by atoms with Crippen LogP contribution in [0.15, 0.2) is 46.3 Å². The summed E-state index contributed by atoms with van der Waals surface area (Å²) in [6.07, 6.45) is 0.891. The van der Waals surface area contributed by atoms with Gasteiger partial charge >= 0.3 is 0 Å². The zero-order valence-corrected chi connectivity index (χ0v) is 18.2. The maximum absolute atomic E-state index is 12.5. The molecule has 0 saturated heterocycles. The van der Waals surface area contributed by atoms with E-state index in [2.05, 4.69) is 37.9 Å². The molecule has 148 valence electrons. The Hall–Kier alpha value is -2.25. The molecule has 0 spiro atoms. The lowest BCUT2D eigenvalue weighted by molar-refractivity contribution is -0.115. The number of amides is 1. The van der Waals surface area contributed by atoms with Gasteiger partial charge in [-0.25, -0.2) is 8.42 Å². The monoisotopic (exact) mass is 416 g/mol. The van der Waals surface area contributed by atoms with Gasteiger partial charge in [-0.15, -0.1) is 0 Å². The van der Waals surface area contributed by atoms with Crippen LogP contribution in [0.1, 0.15) is 30.0 Å². The van der Waals surface area contributed by atoms with Gasteiger partial charge in [0, 0.05) is 6.54 Å². The van der Waals surface area contributed by atoms with E-state index in [9.17, 15) is 13.2 Å². The molecule has 0 atom stereocenters. The van der Waals surface area contributed by atoms with Gasteiger partial charge in [0.1, 0.15) is 5.75 Å². The van der Waals surface area contributed by atoms with Gasteiger partial charge < -0.3 is 4.57 Å². The second-order valence-corrected chi connectivity index (χ2v) is 10.0. The molecule has 3 rings (SSSR count). The lowest BCUT2D eigenvalue weighted by Crippen LogP contribution is -2.21. The zero-order valence-electron chi connectivity index (χ0n) is 16.5. The molecular weight excluding hydrogens is 392 g/mol. The summed E-state index contributed by atoms with van der Waals surface area (Å²) in [7, 11) is -3.71. The fraction of sp³-hybridized carbons (Fsp3) is 0.333. The molecule has 7 heteroatoms. The topological polar surface area (TPSA) is 68.5 Å². The molecule has 0 fully saturated rings. The predicted octanol–water partition coefficient (Wildman–Crippen LogP) is 3.94. The van der Waals surface area contributed by atoms with Crippen LogP contribution < -0.4 is 4.80 Å². The van der Waals surface area contributed by atoms with Crippen LogP contribution in [-0.4, -0.2) is 24.6 Å². The van der Waals surface area contributed by atoms with Crippen molar-refractivity contribution in [1.82, 2.24) is 4.57 Å². The predicted molar refractivity (Wildman–Crippen MR) is 113 cm³/mol. The minimum atomic E-state index is -3.71. The van der Waals surface area contributed by atoms with E-state index in [0.29, 0.717) is 4.80 Å². The highest BCUT2D eigenvalue weighted by Crippen LogP contribution is 2.22. The maximum atomic E-state index is 12.5. The number of rotatable bonds is 5. The smallest absolute Gasteiger partial charge is 0.263 e. The third-order valence-electron chi connectivity index (χ3n) is 4.66. The Labute approximate surface area is 169 Å². The fourth-order valence-corrected chi connectivity index (χ4v) is 5.24. The van der Waals surface area contributed by atoms with Crippen molar-refractivity contribution in [3.63, 3.8) is 0 Å². The lowest BCUT2D eigenvalue weighted by atomic mass is 10.1. The Morgan fingerprint density at radius 1 is 1.07 bits per heavy atom. The number of fused-ring (bicyclic) bond motifs is 1. The third-order valence-corrected chi connectivity index (χ3v) is 7.32. The van der Waals surface area contributed by atoms with Gasteiger partial charge in [-0.1, -0.05) is 36.0 Å². The molecule has 0 aliphatic carbocycles. The summed E-state index contributed by atoms with van der Waals surface area (Å²) >= 11 is 1.42. The standard InChI is InChI=1S/C21H24N2O3S2/c1-5-10-23-18-11-15(3)16(4)12-19(18)27-21(23)22-20(24)13-28(25,26)17-8-6-14(2)7-9-17/h6-9,11-12H,5,10,13H2,1-4H3. The number of nitrogens with zero attached hydrogens (tertiary/aromatic N) is 2. The van der Waals surface area contributed by atoms with E-state index in [1.54, 1.807) is 12.1 Å². The minimum absolute atomic E-state index is 0.144. The highest BCUT2D eigenvalue weighted by atomic mass is 32.2. The van der Waals surface area contributed by atoms with E-state index < -0.39 is 21.5 Å². The number of aromatic nitrogens is 1. The van der Waals surface area contributed by atoms with Crippen LogP contribution in [0.3, 0.4) is 0 Å². The Morgan fingerprint density at radius 2 is 1.71 bits per heavy atom. The molecular formula is C21H24N2O3S2. The van der Waals surface area contributed by atoms with E-state index in [1.807, 2.05) is 11.5 Å². The summed E-state index contributed by atoms with van der Waals surface area (Å²) < 4.78 is 28.1. The van der Waals surface area contributed by atoms with E-state index in [-0.39, 0.29) is 4.90 Å². The normalized spacial score (nSPS) is 12.6. The average molecular weight is 417 g/mol. The summed E-state index contributed by atoms with van der Waals surface area (Å²) in [5.74, 6) is -1.28. The number of hydrogen-bond acceptors (Lipinski definition) is 4. The van der Waals surface area contributed by atoms with Crippen LogP contribution >= 0.6 is 11.3 Å². The molecule has 0 aliphatic rings. The first kappa shape index (κ1) is 20.5. The summed E-state index contributed by atoms with van der Waals surface area (Å²) in [6, 6.07) is 10.7. The van der Waals surface area contributed by atoms with Crippen molar-refractivity contribution in [1.29, 1.82) is 0 Å². The number of benzene rings is 2. The molecule has 0 aliphatic heterocycles. The van der Waals surface area contributed by atoms with Crippen molar-refractivity contribution in [3.05, 3.63) is 57.9 Å². The van der Waals surface area contributed by atoms with Crippen LogP contribution in [0.4, 0.5) is 0 Å². The van der Waals surface area contributed by atoms with Gasteiger partial charge in [0.2, 0.25) is 0 Å². The maximum Gasteiger partial charge on any atom is 0.263 e. The summed E-state index contributed by atoms with van der Waals surface area (Å²) in [6.45, 7) is 8.77. The summed E-state index contributed by atoms with van der Waals surface area (Å²) in [5, 5.41) is 0. The largest absolute Gasteiger partial charge is 0.316 e. The first-order valence-electron chi connectivity index (χ1n) is 9.19. The van der Waals surface area contributed by atoms with Crippen molar-refractivity contribution >= 4 is 37.3 Å². The minimum Gasteiger partial charge on any atom is -0.316 e. The van der Waals surface area contributed by atoms with E-state index >= 15 is 0 Å². The molecule has 1 amide bonds. The van der Waals surface area contributed by atoms with Crippen molar-refractivity contribution in [3.8, 4) is 0 Å². The van der Waals surface area contributed by atoms with Crippen LogP contribution in [0.25, 0.3) is 10.2 Å². The number of thiazole rings is 1. The van der Waals surface area contributed by atoms with E-state index in [4.69, 9.17) is 0 Å². The molecule has 0 unspecified atom stereocenters. The van der Waals surface area contributed by atoms with E-state index in [1.165, 1.54) is 34.6 Å². The van der Waals surface area contributed by atoms with Crippen molar-refractivity contribution in [2.45, 2.75) is 45.6 Å². The van der Waals surface area contributed by atoms with Gasteiger partial charge in [-0.05, 0) is 62.6 Å². The van der Waals surface area contributed by atoms with Gasteiger partial charge in [-0.3, -0.25) is 4.79 Å². The molecule has 2 aromatic carbocycles. The average Bonchev–Trinajstić information content (AvgIpc) is 2.92. The lowest BCUT2D eigenvalue weighted by Gasteiger charge is -2.05. The van der Waals surface area contributed by atoms with E-state index in [0.717, 1.165) is 28.7 Å². The molecule has 0 N–H and O–H groups in total. The quantitative estimate of drug-likeness (QED) is 0.633. The van der Waals surface area contributed by atoms with Crippen LogP contribution in [0.5, 0.6) is 0 Å². The first-order valence-corrected chi connectivity index (χ1v) is 11.7. The number of aryl methyl sites for hydroxylation is 4. The molecule has 0 radical (unpaired) electrons. The second-order valence-electron chi connectivity index (χ2n) is 7.02. The number of sulfone groups is 1. The van der Waals surface area contributed by atoms with Crippen LogP contribution in [-0.2, 0) is 21.2 Å². The Balaban J connectivity index is 2.00. The Kier molecular flexibility index (Phi) is 5.86. The van der Waals surface area contributed by atoms with Gasteiger partial charge in [-0.2, -0.15) is 4.99 Å². The molecule has 1 heterocycles. The van der Waals surface area contributed by atoms with Gasteiger partial charge in [0.05, 0.1) is 15.1 Å². The first-order chi connectivity index (χ1) is 13.2. The van der Waals surface area contributed by atoms with Crippen molar-refractivity contribution in [2.24, 2.45) is 4.99 Å². The Bertz CT molecular complexity index is 1200. The number of carbonyl (C=O) groups excluding carboxylic acids is 1. The zero-order chi connectivity index (χ0) is 20.5.